The lowest BCUT2D eigenvalue weighted by atomic mass is 10.2. The summed E-state index contributed by atoms with van der Waals surface area (Å²) in [5, 5.41) is 21.2. The van der Waals surface area contributed by atoms with Crippen molar-refractivity contribution in [1.29, 1.82) is 0 Å². The molecule has 0 fully saturated rings. The summed E-state index contributed by atoms with van der Waals surface area (Å²) in [6.07, 6.45) is -0.526. The standard InChI is InChI=1S/C14H23NO4/c16-7-9-18-8-6-15-10-14(17)12-19-11-13-4-2-1-3-5-13/h1-5,14-17H,6-12H2. The lowest BCUT2D eigenvalue weighted by Crippen LogP contribution is -2.32. The van der Waals surface area contributed by atoms with E-state index >= 15 is 0 Å². The molecule has 19 heavy (non-hydrogen) atoms. The third-order valence-electron chi connectivity index (χ3n) is 2.46. The minimum absolute atomic E-state index is 0.0376. The van der Waals surface area contributed by atoms with Gasteiger partial charge in [0.25, 0.3) is 0 Å². The van der Waals surface area contributed by atoms with Gasteiger partial charge < -0.3 is 25.0 Å². The molecule has 0 radical (unpaired) electrons. The third-order valence-corrected chi connectivity index (χ3v) is 2.46. The first kappa shape index (κ1) is 16.1. The quantitative estimate of drug-likeness (QED) is 0.499. The van der Waals surface area contributed by atoms with Gasteiger partial charge in [0.05, 0.1) is 39.1 Å². The monoisotopic (exact) mass is 269 g/mol. The second-order valence-corrected chi connectivity index (χ2v) is 4.19. The zero-order valence-electron chi connectivity index (χ0n) is 11.1. The molecule has 0 aliphatic rings. The van der Waals surface area contributed by atoms with Gasteiger partial charge in [0, 0.05) is 13.1 Å². The fourth-order valence-electron chi connectivity index (χ4n) is 1.53. The van der Waals surface area contributed by atoms with Crippen molar-refractivity contribution >= 4 is 0 Å². The number of hydrogen-bond acceptors (Lipinski definition) is 5. The van der Waals surface area contributed by atoms with Crippen LogP contribution in [0, 0.1) is 0 Å². The molecule has 0 aliphatic carbocycles. The van der Waals surface area contributed by atoms with Crippen molar-refractivity contribution in [2.24, 2.45) is 0 Å². The highest BCUT2D eigenvalue weighted by Crippen LogP contribution is 2.00. The first-order chi connectivity index (χ1) is 9.33. The average molecular weight is 269 g/mol. The summed E-state index contributed by atoms with van der Waals surface area (Å²) < 4.78 is 10.5. The maximum atomic E-state index is 9.66. The molecular formula is C14H23NO4. The van der Waals surface area contributed by atoms with E-state index in [-0.39, 0.29) is 6.61 Å². The highest BCUT2D eigenvalue weighted by molar-refractivity contribution is 5.13. The van der Waals surface area contributed by atoms with E-state index in [4.69, 9.17) is 14.6 Å². The molecule has 1 unspecified atom stereocenters. The average Bonchev–Trinajstić information content (AvgIpc) is 2.44. The van der Waals surface area contributed by atoms with E-state index in [1.54, 1.807) is 0 Å². The number of benzene rings is 1. The van der Waals surface area contributed by atoms with Gasteiger partial charge in [-0.3, -0.25) is 0 Å². The summed E-state index contributed by atoms with van der Waals surface area (Å²) in [6, 6.07) is 9.86. The van der Waals surface area contributed by atoms with Crippen molar-refractivity contribution in [3.05, 3.63) is 35.9 Å². The zero-order chi connectivity index (χ0) is 13.8. The summed E-state index contributed by atoms with van der Waals surface area (Å²) in [5.74, 6) is 0. The predicted octanol–water partition coefficient (Wildman–Crippen LogP) is 0.163. The van der Waals surface area contributed by atoms with E-state index in [1.807, 2.05) is 30.3 Å². The molecular weight excluding hydrogens is 246 g/mol. The van der Waals surface area contributed by atoms with E-state index in [0.717, 1.165) is 5.56 Å². The van der Waals surface area contributed by atoms with Crippen molar-refractivity contribution < 1.29 is 19.7 Å². The fraction of sp³-hybridized carbons (Fsp3) is 0.571. The smallest absolute Gasteiger partial charge is 0.0897 e. The Labute approximate surface area is 114 Å². The molecule has 1 aromatic rings. The van der Waals surface area contributed by atoms with Gasteiger partial charge in [-0.1, -0.05) is 30.3 Å². The number of ether oxygens (including phenoxy) is 2. The second kappa shape index (κ2) is 10.9. The number of nitrogens with one attached hydrogen (secondary N) is 1. The first-order valence-electron chi connectivity index (χ1n) is 6.52. The Kier molecular flexibility index (Phi) is 9.22. The molecule has 108 valence electrons. The largest absolute Gasteiger partial charge is 0.394 e. The second-order valence-electron chi connectivity index (χ2n) is 4.19. The number of aliphatic hydroxyl groups is 2. The molecule has 0 amide bonds. The van der Waals surface area contributed by atoms with Crippen LogP contribution >= 0.6 is 0 Å². The Bertz CT molecular complexity index is 308. The van der Waals surface area contributed by atoms with Gasteiger partial charge in [0.2, 0.25) is 0 Å². The van der Waals surface area contributed by atoms with Gasteiger partial charge >= 0.3 is 0 Å². The summed E-state index contributed by atoms with van der Waals surface area (Å²) in [6.45, 7) is 2.85. The summed E-state index contributed by atoms with van der Waals surface area (Å²) >= 11 is 0. The van der Waals surface area contributed by atoms with Crippen molar-refractivity contribution in [2.45, 2.75) is 12.7 Å². The van der Waals surface area contributed by atoms with Gasteiger partial charge in [-0.25, -0.2) is 0 Å². The SMILES string of the molecule is OCCOCCNCC(O)COCc1ccccc1. The lowest BCUT2D eigenvalue weighted by Gasteiger charge is -2.12. The molecule has 5 nitrogen and oxygen atoms in total. The molecule has 1 rings (SSSR count). The zero-order valence-corrected chi connectivity index (χ0v) is 11.1. The van der Waals surface area contributed by atoms with Crippen LogP contribution in [-0.2, 0) is 16.1 Å². The molecule has 5 heteroatoms. The van der Waals surface area contributed by atoms with E-state index in [9.17, 15) is 5.11 Å². The number of aliphatic hydroxyl groups excluding tert-OH is 2. The number of hydrogen-bond donors (Lipinski definition) is 3. The van der Waals surface area contributed by atoms with Crippen LogP contribution in [0.1, 0.15) is 5.56 Å². The molecule has 0 spiro atoms. The highest BCUT2D eigenvalue weighted by atomic mass is 16.5. The number of rotatable bonds is 11. The van der Waals surface area contributed by atoms with Gasteiger partial charge in [-0.05, 0) is 5.56 Å². The van der Waals surface area contributed by atoms with Crippen LogP contribution in [-0.4, -0.2) is 55.8 Å². The van der Waals surface area contributed by atoms with Crippen LogP contribution in [0.25, 0.3) is 0 Å². The molecule has 3 N–H and O–H groups in total. The van der Waals surface area contributed by atoms with Gasteiger partial charge in [-0.2, -0.15) is 0 Å². The lowest BCUT2D eigenvalue weighted by molar-refractivity contribution is 0.0273. The minimum atomic E-state index is -0.526. The van der Waals surface area contributed by atoms with Gasteiger partial charge in [0.15, 0.2) is 0 Å². The third kappa shape index (κ3) is 8.69. The maximum Gasteiger partial charge on any atom is 0.0897 e. The molecule has 0 heterocycles. The Morgan fingerprint density at radius 2 is 1.89 bits per heavy atom. The van der Waals surface area contributed by atoms with E-state index < -0.39 is 6.10 Å². The molecule has 1 atom stereocenters. The highest BCUT2D eigenvalue weighted by Gasteiger charge is 2.03. The van der Waals surface area contributed by atoms with E-state index in [1.165, 1.54) is 0 Å². The Morgan fingerprint density at radius 1 is 1.11 bits per heavy atom. The normalized spacial score (nSPS) is 12.5. The molecule has 1 aromatic carbocycles. The molecule has 0 saturated carbocycles. The molecule has 0 aromatic heterocycles. The van der Waals surface area contributed by atoms with Crippen molar-refractivity contribution in [3.8, 4) is 0 Å². The van der Waals surface area contributed by atoms with Crippen molar-refractivity contribution in [3.63, 3.8) is 0 Å². The van der Waals surface area contributed by atoms with Crippen LogP contribution < -0.4 is 5.32 Å². The topological polar surface area (TPSA) is 71.0 Å². The molecule has 0 saturated heterocycles. The van der Waals surface area contributed by atoms with E-state index in [0.29, 0.717) is 39.5 Å². The van der Waals surface area contributed by atoms with Crippen LogP contribution in [0.2, 0.25) is 0 Å². The summed E-state index contributed by atoms with van der Waals surface area (Å²) in [5.41, 5.74) is 1.10. The predicted molar refractivity (Wildman–Crippen MR) is 72.9 cm³/mol. The van der Waals surface area contributed by atoms with Crippen LogP contribution in [0.5, 0.6) is 0 Å². The summed E-state index contributed by atoms with van der Waals surface area (Å²) in [4.78, 5) is 0. The Hall–Kier alpha value is -0.980. The van der Waals surface area contributed by atoms with Gasteiger partial charge in [0.1, 0.15) is 0 Å². The Balaban J connectivity index is 1.94. The molecule has 0 aliphatic heterocycles. The minimum Gasteiger partial charge on any atom is -0.394 e. The first-order valence-corrected chi connectivity index (χ1v) is 6.52. The summed E-state index contributed by atoms with van der Waals surface area (Å²) in [7, 11) is 0. The fourth-order valence-corrected chi connectivity index (χ4v) is 1.53. The van der Waals surface area contributed by atoms with Gasteiger partial charge in [-0.15, -0.1) is 0 Å². The van der Waals surface area contributed by atoms with Crippen LogP contribution in [0.15, 0.2) is 30.3 Å². The van der Waals surface area contributed by atoms with E-state index in [2.05, 4.69) is 5.32 Å². The van der Waals surface area contributed by atoms with Crippen molar-refractivity contribution in [1.82, 2.24) is 5.32 Å². The van der Waals surface area contributed by atoms with Crippen LogP contribution in [0.4, 0.5) is 0 Å². The molecule has 0 bridgehead atoms. The maximum absolute atomic E-state index is 9.66. The Morgan fingerprint density at radius 3 is 2.63 bits per heavy atom. The van der Waals surface area contributed by atoms with Crippen molar-refractivity contribution in [2.75, 3.05) is 39.5 Å². The van der Waals surface area contributed by atoms with Crippen LogP contribution in [0.3, 0.4) is 0 Å².